The van der Waals surface area contributed by atoms with Crippen LogP contribution in [0.4, 0.5) is 11.6 Å². The first-order valence-electron chi connectivity index (χ1n) is 6.23. The molecule has 102 valence electrons. The molecule has 0 saturated heterocycles. The second-order valence-corrected chi connectivity index (χ2v) is 4.09. The van der Waals surface area contributed by atoms with Gasteiger partial charge in [0.25, 0.3) is 0 Å². The van der Waals surface area contributed by atoms with Crippen molar-refractivity contribution in [2.75, 3.05) is 31.3 Å². The van der Waals surface area contributed by atoms with Crippen LogP contribution in [0.15, 0.2) is 6.07 Å². The molecule has 1 aromatic rings. The maximum absolute atomic E-state index is 8.65. The predicted molar refractivity (Wildman–Crippen MR) is 71.2 cm³/mol. The zero-order valence-corrected chi connectivity index (χ0v) is 10.9. The second-order valence-electron chi connectivity index (χ2n) is 4.09. The number of nitrogens with zero attached hydrogens (tertiary/aromatic N) is 2. The van der Waals surface area contributed by atoms with Crippen molar-refractivity contribution in [3.05, 3.63) is 11.9 Å². The van der Waals surface area contributed by atoms with E-state index < -0.39 is 0 Å². The summed E-state index contributed by atoms with van der Waals surface area (Å²) in [6, 6.07) is 1.72. The molecular weight excluding hydrogens is 232 g/mol. The largest absolute Gasteiger partial charge is 0.396 e. The highest BCUT2D eigenvalue weighted by Crippen LogP contribution is 2.09. The van der Waals surface area contributed by atoms with E-state index in [0.717, 1.165) is 38.0 Å². The highest BCUT2D eigenvalue weighted by Gasteiger charge is 2.01. The molecular formula is C12H22N4O2. The van der Waals surface area contributed by atoms with Crippen molar-refractivity contribution < 1.29 is 9.84 Å². The molecule has 0 aromatic carbocycles. The second kappa shape index (κ2) is 8.66. The number of anilines is 2. The van der Waals surface area contributed by atoms with Crippen LogP contribution in [0.3, 0.4) is 0 Å². The van der Waals surface area contributed by atoms with E-state index in [2.05, 4.69) is 15.3 Å². The smallest absolute Gasteiger partial charge is 0.158 e. The summed E-state index contributed by atoms with van der Waals surface area (Å²) < 4.78 is 4.98. The van der Waals surface area contributed by atoms with E-state index in [9.17, 15) is 0 Å². The predicted octanol–water partition coefficient (Wildman–Crippen LogP) is 1.17. The molecule has 0 amide bonds. The van der Waals surface area contributed by atoms with Gasteiger partial charge in [0, 0.05) is 26.3 Å². The van der Waals surface area contributed by atoms with Gasteiger partial charge in [-0.15, -0.1) is 0 Å². The molecule has 0 aliphatic carbocycles. The lowest BCUT2D eigenvalue weighted by atomic mass is 10.2. The number of aliphatic hydroxyl groups excluding tert-OH is 1. The van der Waals surface area contributed by atoms with E-state index >= 15 is 0 Å². The van der Waals surface area contributed by atoms with Gasteiger partial charge in [-0.1, -0.05) is 12.8 Å². The number of rotatable bonds is 9. The lowest BCUT2D eigenvalue weighted by Gasteiger charge is -2.08. The molecule has 6 heteroatoms. The van der Waals surface area contributed by atoms with Crippen LogP contribution in [0.1, 0.15) is 31.5 Å². The summed E-state index contributed by atoms with van der Waals surface area (Å²) in [6.07, 6.45) is 4.07. The van der Waals surface area contributed by atoms with Crippen LogP contribution in [0, 0.1) is 0 Å². The molecule has 4 N–H and O–H groups in total. The van der Waals surface area contributed by atoms with Crippen molar-refractivity contribution in [2.24, 2.45) is 0 Å². The summed E-state index contributed by atoms with van der Waals surface area (Å²) in [6.45, 7) is 1.47. The van der Waals surface area contributed by atoms with E-state index in [0.29, 0.717) is 18.2 Å². The van der Waals surface area contributed by atoms with Crippen LogP contribution < -0.4 is 11.1 Å². The minimum Gasteiger partial charge on any atom is -0.396 e. The summed E-state index contributed by atoms with van der Waals surface area (Å²) in [4.78, 5) is 8.36. The Balaban J connectivity index is 2.32. The van der Waals surface area contributed by atoms with Crippen LogP contribution in [0.5, 0.6) is 0 Å². The molecule has 0 spiro atoms. The standard InChI is InChI=1S/C12H22N4O2/c1-18-9-12-15-10(13)8-11(16-12)14-6-4-2-3-5-7-17/h8,17H,2-7,9H2,1H3,(H3,13,14,15,16). The van der Waals surface area contributed by atoms with Gasteiger partial charge in [0.15, 0.2) is 5.82 Å². The van der Waals surface area contributed by atoms with Crippen LogP contribution in [-0.4, -0.2) is 35.3 Å². The number of nitrogens with one attached hydrogen (secondary N) is 1. The minimum atomic E-state index is 0.274. The Kier molecular flexibility index (Phi) is 7.05. The van der Waals surface area contributed by atoms with Crippen molar-refractivity contribution in [2.45, 2.75) is 32.3 Å². The lowest BCUT2D eigenvalue weighted by Crippen LogP contribution is -2.08. The molecule has 0 saturated carbocycles. The fourth-order valence-corrected chi connectivity index (χ4v) is 1.61. The quantitative estimate of drug-likeness (QED) is 0.573. The summed E-state index contributed by atoms with van der Waals surface area (Å²) in [7, 11) is 1.60. The number of unbranched alkanes of at least 4 members (excludes halogenated alkanes) is 3. The number of nitrogen functional groups attached to an aromatic ring is 1. The Morgan fingerprint density at radius 1 is 1.28 bits per heavy atom. The fourth-order valence-electron chi connectivity index (χ4n) is 1.61. The minimum absolute atomic E-state index is 0.274. The molecule has 6 nitrogen and oxygen atoms in total. The molecule has 0 fully saturated rings. The van der Waals surface area contributed by atoms with E-state index in [4.69, 9.17) is 15.6 Å². The maximum Gasteiger partial charge on any atom is 0.158 e. The monoisotopic (exact) mass is 254 g/mol. The Morgan fingerprint density at radius 2 is 2.06 bits per heavy atom. The van der Waals surface area contributed by atoms with Gasteiger partial charge < -0.3 is 20.9 Å². The van der Waals surface area contributed by atoms with Crippen molar-refractivity contribution in [3.8, 4) is 0 Å². The molecule has 0 aliphatic rings. The Morgan fingerprint density at radius 3 is 2.78 bits per heavy atom. The van der Waals surface area contributed by atoms with Gasteiger partial charge in [-0.05, 0) is 12.8 Å². The van der Waals surface area contributed by atoms with E-state index in [1.807, 2.05) is 0 Å². The van der Waals surface area contributed by atoms with Gasteiger partial charge in [0.2, 0.25) is 0 Å². The average Bonchev–Trinajstić information content (AvgIpc) is 2.33. The van der Waals surface area contributed by atoms with Crippen molar-refractivity contribution in [1.82, 2.24) is 9.97 Å². The third-order valence-corrected chi connectivity index (χ3v) is 2.46. The first kappa shape index (κ1) is 14.7. The van der Waals surface area contributed by atoms with E-state index in [1.54, 1.807) is 13.2 Å². The Hall–Kier alpha value is -1.40. The van der Waals surface area contributed by atoms with Gasteiger partial charge in [-0.2, -0.15) is 0 Å². The number of methoxy groups -OCH3 is 1. The Bertz CT molecular complexity index is 347. The molecule has 0 atom stereocenters. The van der Waals surface area contributed by atoms with Crippen LogP contribution in [-0.2, 0) is 11.3 Å². The third kappa shape index (κ3) is 5.79. The van der Waals surface area contributed by atoms with Gasteiger partial charge >= 0.3 is 0 Å². The zero-order valence-electron chi connectivity index (χ0n) is 10.9. The number of ether oxygens (including phenoxy) is 1. The van der Waals surface area contributed by atoms with E-state index in [-0.39, 0.29) is 6.61 Å². The summed E-state index contributed by atoms with van der Waals surface area (Å²) >= 11 is 0. The third-order valence-electron chi connectivity index (χ3n) is 2.46. The molecule has 0 unspecified atom stereocenters. The molecule has 0 bridgehead atoms. The molecule has 1 heterocycles. The van der Waals surface area contributed by atoms with Crippen LogP contribution >= 0.6 is 0 Å². The number of hydrogen-bond donors (Lipinski definition) is 3. The maximum atomic E-state index is 8.65. The zero-order chi connectivity index (χ0) is 13.2. The fraction of sp³-hybridized carbons (Fsp3) is 0.667. The SMILES string of the molecule is COCc1nc(N)cc(NCCCCCCO)n1. The number of aromatic nitrogens is 2. The van der Waals surface area contributed by atoms with Gasteiger partial charge in [0.1, 0.15) is 18.2 Å². The van der Waals surface area contributed by atoms with Crippen LogP contribution in [0.2, 0.25) is 0 Å². The highest BCUT2D eigenvalue weighted by molar-refractivity contribution is 5.44. The number of aliphatic hydroxyl groups is 1. The van der Waals surface area contributed by atoms with Gasteiger partial charge in [-0.25, -0.2) is 9.97 Å². The molecule has 1 aromatic heterocycles. The normalized spacial score (nSPS) is 10.6. The Labute approximate surface area is 108 Å². The number of nitrogens with two attached hydrogens (primary N) is 1. The van der Waals surface area contributed by atoms with Crippen molar-refractivity contribution >= 4 is 11.6 Å². The molecule has 18 heavy (non-hydrogen) atoms. The molecule has 0 aliphatic heterocycles. The molecule has 0 radical (unpaired) electrons. The van der Waals surface area contributed by atoms with Crippen LogP contribution in [0.25, 0.3) is 0 Å². The first-order chi connectivity index (χ1) is 8.76. The summed E-state index contributed by atoms with van der Waals surface area (Å²) in [5, 5.41) is 11.9. The van der Waals surface area contributed by atoms with Crippen molar-refractivity contribution in [3.63, 3.8) is 0 Å². The summed E-state index contributed by atoms with van der Waals surface area (Å²) in [5.74, 6) is 1.76. The van der Waals surface area contributed by atoms with Gasteiger partial charge in [0.05, 0.1) is 0 Å². The van der Waals surface area contributed by atoms with Crippen molar-refractivity contribution in [1.29, 1.82) is 0 Å². The first-order valence-corrected chi connectivity index (χ1v) is 6.23. The van der Waals surface area contributed by atoms with E-state index in [1.165, 1.54) is 0 Å². The average molecular weight is 254 g/mol. The van der Waals surface area contributed by atoms with Gasteiger partial charge in [-0.3, -0.25) is 0 Å². The topological polar surface area (TPSA) is 93.3 Å². The lowest BCUT2D eigenvalue weighted by molar-refractivity contribution is 0.178. The highest BCUT2D eigenvalue weighted by atomic mass is 16.5. The molecule has 1 rings (SSSR count). The number of hydrogen-bond acceptors (Lipinski definition) is 6. The summed E-state index contributed by atoms with van der Waals surface area (Å²) in [5.41, 5.74) is 5.69.